The van der Waals surface area contributed by atoms with E-state index < -0.39 is 0 Å². The molecule has 176 valence electrons. The lowest BCUT2D eigenvalue weighted by molar-refractivity contribution is 0.477. The Morgan fingerprint density at radius 2 is 1.56 bits per heavy atom. The van der Waals surface area contributed by atoms with Crippen LogP contribution in [-0.2, 0) is 6.42 Å². The standard InChI is InChI=1S/C32H27N3O/c1-21(2)17-22-18-23(25-9-4-6-14-30(25)36)20-24(19-22)28-12-7-15-31(34-28)35-29-13-5-3-10-26(29)27-11-8-16-33-32(27)35/h3-16,18-21,36H,17H2,1-2H3. The molecule has 0 aliphatic heterocycles. The number of fused-ring (bicyclic) bond motifs is 3. The molecule has 0 atom stereocenters. The summed E-state index contributed by atoms with van der Waals surface area (Å²) in [5.41, 5.74) is 6.94. The SMILES string of the molecule is CC(C)Cc1cc(-c2cccc(-n3c4ccccc4c4cccnc43)n2)cc(-c2ccccc2O)c1. The highest BCUT2D eigenvalue weighted by Gasteiger charge is 2.15. The number of para-hydroxylation sites is 2. The van der Waals surface area contributed by atoms with Crippen molar-refractivity contribution >= 4 is 21.9 Å². The number of pyridine rings is 2. The molecule has 3 aromatic heterocycles. The summed E-state index contributed by atoms with van der Waals surface area (Å²) < 4.78 is 2.13. The minimum absolute atomic E-state index is 0.281. The normalized spacial score (nSPS) is 11.5. The van der Waals surface area contributed by atoms with Crippen LogP contribution in [0.1, 0.15) is 19.4 Å². The van der Waals surface area contributed by atoms with Crippen molar-refractivity contribution in [2.75, 3.05) is 0 Å². The number of phenols is 1. The highest BCUT2D eigenvalue weighted by atomic mass is 16.3. The zero-order chi connectivity index (χ0) is 24.6. The number of phenolic OH excluding ortho intramolecular Hbond substituents is 1. The Bertz CT molecular complexity index is 1660. The number of nitrogens with zero attached hydrogens (tertiary/aromatic N) is 3. The van der Waals surface area contributed by atoms with E-state index in [2.05, 4.69) is 73.0 Å². The van der Waals surface area contributed by atoms with E-state index in [-0.39, 0.29) is 5.75 Å². The molecule has 4 nitrogen and oxygen atoms in total. The van der Waals surface area contributed by atoms with Crippen molar-refractivity contribution in [2.45, 2.75) is 20.3 Å². The quantitative estimate of drug-likeness (QED) is 0.280. The molecule has 0 spiro atoms. The third kappa shape index (κ3) is 3.91. The number of rotatable bonds is 5. The molecule has 0 unspecified atom stereocenters. The molecule has 6 aromatic rings. The van der Waals surface area contributed by atoms with Crippen LogP contribution in [0.5, 0.6) is 5.75 Å². The summed E-state index contributed by atoms with van der Waals surface area (Å²) in [4.78, 5) is 9.83. The van der Waals surface area contributed by atoms with Gasteiger partial charge >= 0.3 is 0 Å². The number of benzene rings is 3. The maximum Gasteiger partial charge on any atom is 0.146 e. The summed E-state index contributed by atoms with van der Waals surface area (Å²) in [6.07, 6.45) is 2.78. The molecule has 4 heteroatoms. The fourth-order valence-electron chi connectivity index (χ4n) is 5.04. The van der Waals surface area contributed by atoms with E-state index in [1.165, 1.54) is 5.56 Å². The average Bonchev–Trinajstić information content (AvgIpc) is 3.23. The Kier molecular flexibility index (Phi) is 5.49. The van der Waals surface area contributed by atoms with Crippen LogP contribution in [0.4, 0.5) is 0 Å². The lowest BCUT2D eigenvalue weighted by Gasteiger charge is -2.14. The number of aromatic nitrogens is 3. The zero-order valence-electron chi connectivity index (χ0n) is 20.4. The van der Waals surface area contributed by atoms with Crippen molar-refractivity contribution in [3.8, 4) is 34.0 Å². The molecular weight excluding hydrogens is 442 g/mol. The fourth-order valence-corrected chi connectivity index (χ4v) is 5.04. The molecule has 1 N–H and O–H groups in total. The Balaban J connectivity index is 1.54. The highest BCUT2D eigenvalue weighted by Crippen LogP contribution is 2.34. The van der Waals surface area contributed by atoms with Gasteiger partial charge in [-0.25, -0.2) is 9.97 Å². The van der Waals surface area contributed by atoms with Gasteiger partial charge in [0.05, 0.1) is 11.2 Å². The smallest absolute Gasteiger partial charge is 0.146 e. The molecule has 0 aliphatic rings. The lowest BCUT2D eigenvalue weighted by atomic mass is 9.94. The summed E-state index contributed by atoms with van der Waals surface area (Å²) >= 11 is 0. The van der Waals surface area contributed by atoms with Crippen molar-refractivity contribution in [3.63, 3.8) is 0 Å². The van der Waals surface area contributed by atoms with Crippen LogP contribution < -0.4 is 0 Å². The summed E-state index contributed by atoms with van der Waals surface area (Å²) in [7, 11) is 0. The van der Waals surface area contributed by atoms with Crippen molar-refractivity contribution in [3.05, 3.63) is 109 Å². The van der Waals surface area contributed by atoms with Crippen LogP contribution in [-0.4, -0.2) is 19.6 Å². The molecule has 0 aliphatic carbocycles. The van der Waals surface area contributed by atoms with Gasteiger partial charge in [0.2, 0.25) is 0 Å². The van der Waals surface area contributed by atoms with E-state index in [9.17, 15) is 5.11 Å². The van der Waals surface area contributed by atoms with Crippen LogP contribution in [0.15, 0.2) is 103 Å². The number of hydrogen-bond donors (Lipinski definition) is 1. The van der Waals surface area contributed by atoms with Gasteiger partial charge in [-0.05, 0) is 72.0 Å². The maximum atomic E-state index is 10.5. The van der Waals surface area contributed by atoms with Gasteiger partial charge in [0, 0.05) is 28.1 Å². The molecule has 3 heterocycles. The lowest BCUT2D eigenvalue weighted by Crippen LogP contribution is -2.00. The second kappa shape index (κ2) is 8.97. The molecule has 0 amide bonds. The average molecular weight is 470 g/mol. The van der Waals surface area contributed by atoms with E-state index in [1.807, 2.05) is 42.6 Å². The fraction of sp³-hybridized carbons (Fsp3) is 0.125. The topological polar surface area (TPSA) is 50.9 Å². The third-order valence-electron chi connectivity index (χ3n) is 6.54. The minimum Gasteiger partial charge on any atom is -0.507 e. The Morgan fingerprint density at radius 1 is 0.778 bits per heavy atom. The van der Waals surface area contributed by atoms with Gasteiger partial charge in [0.1, 0.15) is 17.2 Å². The van der Waals surface area contributed by atoms with Gasteiger partial charge in [0.25, 0.3) is 0 Å². The number of aromatic hydroxyl groups is 1. The monoisotopic (exact) mass is 469 g/mol. The predicted molar refractivity (Wildman–Crippen MR) is 147 cm³/mol. The molecule has 0 bridgehead atoms. The molecule has 36 heavy (non-hydrogen) atoms. The summed E-state index contributed by atoms with van der Waals surface area (Å²) in [6.45, 7) is 4.45. The molecule has 6 rings (SSSR count). The van der Waals surface area contributed by atoms with Crippen LogP contribution >= 0.6 is 0 Å². The largest absolute Gasteiger partial charge is 0.507 e. The first-order valence-electron chi connectivity index (χ1n) is 12.3. The van der Waals surface area contributed by atoms with E-state index in [0.29, 0.717) is 5.92 Å². The molecule has 0 saturated heterocycles. The number of hydrogen-bond acceptors (Lipinski definition) is 3. The van der Waals surface area contributed by atoms with Crippen LogP contribution in [0.3, 0.4) is 0 Å². The zero-order valence-corrected chi connectivity index (χ0v) is 20.4. The molecule has 0 saturated carbocycles. The van der Waals surface area contributed by atoms with Crippen molar-refractivity contribution in [2.24, 2.45) is 5.92 Å². The van der Waals surface area contributed by atoms with E-state index in [4.69, 9.17) is 9.97 Å². The minimum atomic E-state index is 0.281. The van der Waals surface area contributed by atoms with Crippen LogP contribution in [0.25, 0.3) is 50.1 Å². The van der Waals surface area contributed by atoms with E-state index in [0.717, 1.165) is 56.6 Å². The van der Waals surface area contributed by atoms with Gasteiger partial charge in [-0.1, -0.05) is 62.4 Å². The van der Waals surface area contributed by atoms with Crippen LogP contribution in [0.2, 0.25) is 0 Å². The van der Waals surface area contributed by atoms with Gasteiger partial charge in [-0.3, -0.25) is 4.57 Å². The third-order valence-corrected chi connectivity index (χ3v) is 6.54. The second-order valence-electron chi connectivity index (χ2n) is 9.64. The van der Waals surface area contributed by atoms with Crippen molar-refractivity contribution in [1.29, 1.82) is 0 Å². The summed E-state index contributed by atoms with van der Waals surface area (Å²) in [5.74, 6) is 1.62. The Labute approximate surface area is 210 Å². The molecular formula is C32H27N3O. The Morgan fingerprint density at radius 3 is 2.42 bits per heavy atom. The highest BCUT2D eigenvalue weighted by molar-refractivity contribution is 6.07. The first-order valence-corrected chi connectivity index (χ1v) is 12.3. The van der Waals surface area contributed by atoms with Gasteiger partial charge < -0.3 is 5.11 Å². The summed E-state index contributed by atoms with van der Waals surface area (Å²) in [6, 6.07) is 32.6. The van der Waals surface area contributed by atoms with E-state index >= 15 is 0 Å². The van der Waals surface area contributed by atoms with Crippen molar-refractivity contribution in [1.82, 2.24) is 14.5 Å². The molecule has 3 aromatic carbocycles. The second-order valence-corrected chi connectivity index (χ2v) is 9.64. The molecule has 0 fully saturated rings. The first kappa shape index (κ1) is 22.1. The Hall–Kier alpha value is -4.44. The van der Waals surface area contributed by atoms with Crippen molar-refractivity contribution < 1.29 is 5.11 Å². The predicted octanol–water partition coefficient (Wildman–Crippen LogP) is 7.81. The van der Waals surface area contributed by atoms with Gasteiger partial charge in [-0.2, -0.15) is 0 Å². The molecule has 0 radical (unpaired) electrons. The van der Waals surface area contributed by atoms with Gasteiger partial charge in [-0.15, -0.1) is 0 Å². The van der Waals surface area contributed by atoms with Gasteiger partial charge in [0.15, 0.2) is 0 Å². The maximum absolute atomic E-state index is 10.5. The first-order chi connectivity index (χ1) is 17.6. The van der Waals surface area contributed by atoms with E-state index in [1.54, 1.807) is 6.07 Å². The summed E-state index contributed by atoms with van der Waals surface area (Å²) in [5, 5.41) is 12.8. The van der Waals surface area contributed by atoms with Crippen LogP contribution in [0, 0.1) is 5.92 Å².